The van der Waals surface area contributed by atoms with Gasteiger partial charge in [0.2, 0.25) is 11.8 Å². The fourth-order valence-electron chi connectivity index (χ4n) is 2.66. The predicted octanol–water partition coefficient (Wildman–Crippen LogP) is 0.893. The zero-order chi connectivity index (χ0) is 21.8. The van der Waals surface area contributed by atoms with Crippen molar-refractivity contribution in [2.45, 2.75) is 31.8 Å². The van der Waals surface area contributed by atoms with Gasteiger partial charge in [-0.05, 0) is 5.56 Å². The van der Waals surface area contributed by atoms with Gasteiger partial charge in [0, 0.05) is 25.6 Å². The normalized spacial score (nSPS) is 12.8. The topological polar surface area (TPSA) is 123 Å². The lowest BCUT2D eigenvalue weighted by molar-refractivity contribution is -0.141. The molecule has 0 radical (unpaired) electrons. The molecule has 2 rings (SSSR count). The van der Waals surface area contributed by atoms with Gasteiger partial charge in [-0.25, -0.2) is 0 Å². The van der Waals surface area contributed by atoms with E-state index in [1.54, 1.807) is 0 Å². The first-order chi connectivity index (χ1) is 14.5. The Morgan fingerprint density at radius 1 is 1.20 bits per heavy atom. The summed E-state index contributed by atoms with van der Waals surface area (Å²) in [6.45, 7) is 3.17. The van der Waals surface area contributed by atoms with Gasteiger partial charge in [0.15, 0.2) is 0 Å². The second-order valence-electron chi connectivity index (χ2n) is 6.82. The second kappa shape index (κ2) is 12.9. The lowest BCUT2D eigenvalue weighted by atomic mass is 10.0. The molecule has 0 aliphatic heterocycles. The third-order valence-corrected chi connectivity index (χ3v) is 4.80. The van der Waals surface area contributed by atoms with Gasteiger partial charge in [-0.15, -0.1) is 4.37 Å². The van der Waals surface area contributed by atoms with Crippen molar-refractivity contribution in [3.8, 4) is 5.88 Å². The highest BCUT2D eigenvalue weighted by Gasteiger charge is 2.20. The van der Waals surface area contributed by atoms with Crippen LogP contribution in [0.3, 0.4) is 0 Å². The van der Waals surface area contributed by atoms with Gasteiger partial charge < -0.3 is 25.2 Å². The van der Waals surface area contributed by atoms with E-state index in [9.17, 15) is 14.7 Å². The number of aromatic nitrogens is 2. The lowest BCUT2D eigenvalue weighted by Gasteiger charge is -2.14. The maximum absolute atomic E-state index is 11.9. The van der Waals surface area contributed by atoms with E-state index in [0.29, 0.717) is 37.6 Å². The summed E-state index contributed by atoms with van der Waals surface area (Å²) in [5.41, 5.74) is 1.54. The number of benzene rings is 1. The molecule has 9 nitrogen and oxygen atoms in total. The molecule has 2 aromatic rings. The molecule has 2 atom stereocenters. The molecule has 0 spiro atoms. The van der Waals surface area contributed by atoms with Gasteiger partial charge in [0.25, 0.3) is 0 Å². The zero-order valence-electron chi connectivity index (χ0n) is 17.2. The first-order valence-corrected chi connectivity index (χ1v) is 10.4. The molecule has 0 aliphatic carbocycles. The minimum Gasteiger partial charge on any atom is -0.473 e. The molecule has 0 aliphatic rings. The van der Waals surface area contributed by atoms with Crippen molar-refractivity contribution in [1.82, 2.24) is 19.4 Å². The second-order valence-corrected chi connectivity index (χ2v) is 7.35. The predicted molar refractivity (Wildman–Crippen MR) is 112 cm³/mol. The zero-order valence-corrected chi connectivity index (χ0v) is 18.0. The molecule has 10 heteroatoms. The van der Waals surface area contributed by atoms with Crippen LogP contribution in [0.5, 0.6) is 5.88 Å². The summed E-state index contributed by atoms with van der Waals surface area (Å²) in [5, 5.41) is 16.0. The first-order valence-electron chi connectivity index (χ1n) is 9.71. The molecule has 1 aromatic heterocycles. The molecule has 164 valence electrons. The summed E-state index contributed by atoms with van der Waals surface area (Å²) in [7, 11) is 1.34. The van der Waals surface area contributed by atoms with Gasteiger partial charge >= 0.3 is 5.97 Å². The van der Waals surface area contributed by atoms with Gasteiger partial charge in [-0.3, -0.25) is 9.59 Å². The number of esters is 1. The lowest BCUT2D eigenvalue weighted by Crippen LogP contribution is -2.37. The molecule has 2 unspecified atom stereocenters. The van der Waals surface area contributed by atoms with Gasteiger partial charge in [-0.1, -0.05) is 37.3 Å². The Bertz CT molecular complexity index is 787. The van der Waals surface area contributed by atoms with E-state index in [4.69, 9.17) is 4.74 Å². The van der Waals surface area contributed by atoms with Crippen LogP contribution < -0.4 is 15.4 Å². The highest BCUT2D eigenvalue weighted by Crippen LogP contribution is 2.27. The Balaban J connectivity index is 1.60. The van der Waals surface area contributed by atoms with E-state index in [2.05, 4.69) is 24.1 Å². The van der Waals surface area contributed by atoms with Crippen molar-refractivity contribution in [2.24, 2.45) is 0 Å². The van der Waals surface area contributed by atoms with E-state index >= 15 is 0 Å². The van der Waals surface area contributed by atoms with Crippen LogP contribution in [0, 0.1) is 0 Å². The highest BCUT2D eigenvalue weighted by molar-refractivity contribution is 6.99. The third-order valence-electron chi connectivity index (χ3n) is 4.27. The van der Waals surface area contributed by atoms with Crippen molar-refractivity contribution in [3.05, 3.63) is 41.6 Å². The molecule has 0 saturated carbocycles. The van der Waals surface area contributed by atoms with E-state index in [-0.39, 0.29) is 30.8 Å². The minimum atomic E-state index is -0.754. The van der Waals surface area contributed by atoms with Crippen LogP contribution in [0.2, 0.25) is 0 Å². The van der Waals surface area contributed by atoms with Gasteiger partial charge in [0.05, 0.1) is 31.7 Å². The number of hydrogen-bond acceptors (Lipinski definition) is 9. The molecule has 1 heterocycles. The van der Waals surface area contributed by atoms with Crippen LogP contribution in [-0.2, 0) is 20.7 Å². The molecule has 0 bridgehead atoms. The Hall–Kier alpha value is -2.56. The Labute approximate surface area is 180 Å². The number of carbonyl (C=O) groups is 2. The number of methoxy groups -OCH3 is 1. The number of carbonyl (C=O) groups excluding carboxylic acids is 2. The monoisotopic (exact) mass is 436 g/mol. The maximum atomic E-state index is 11.9. The van der Waals surface area contributed by atoms with Gasteiger partial charge in [0.1, 0.15) is 18.4 Å². The number of rotatable bonds is 13. The standard InChI is InChI=1S/C20H28N4O5S/c1-14(10-18(27)28-2)19-20(24-30-23-19)29-13-16(25)12-21-8-9-22-17(26)11-15-6-4-3-5-7-15/h3-7,14,16,21,25H,8-13H2,1-2H3,(H,22,26). The molecule has 30 heavy (non-hydrogen) atoms. The quantitative estimate of drug-likeness (QED) is 0.313. The number of ether oxygens (including phenoxy) is 2. The van der Waals surface area contributed by atoms with Crippen LogP contribution in [0.4, 0.5) is 0 Å². The molecular formula is C20H28N4O5S. The van der Waals surface area contributed by atoms with Crippen molar-refractivity contribution >= 4 is 23.6 Å². The Morgan fingerprint density at radius 3 is 2.70 bits per heavy atom. The summed E-state index contributed by atoms with van der Waals surface area (Å²) in [5.74, 6) is -0.248. The summed E-state index contributed by atoms with van der Waals surface area (Å²) in [6, 6.07) is 9.53. The fraction of sp³-hybridized carbons (Fsp3) is 0.500. The third kappa shape index (κ3) is 8.44. The van der Waals surface area contributed by atoms with Crippen molar-refractivity contribution in [2.75, 3.05) is 33.4 Å². The fourth-order valence-corrected chi connectivity index (χ4v) is 3.26. The van der Waals surface area contributed by atoms with Crippen LogP contribution in [0.25, 0.3) is 0 Å². The molecule has 1 amide bonds. The number of nitrogens with zero attached hydrogens (tertiary/aromatic N) is 2. The maximum Gasteiger partial charge on any atom is 0.306 e. The molecular weight excluding hydrogens is 408 g/mol. The average Bonchev–Trinajstić information content (AvgIpc) is 3.21. The van der Waals surface area contributed by atoms with E-state index in [1.165, 1.54) is 7.11 Å². The number of hydrogen-bond donors (Lipinski definition) is 3. The van der Waals surface area contributed by atoms with E-state index in [0.717, 1.165) is 17.3 Å². The summed E-state index contributed by atoms with van der Waals surface area (Å²) in [6.07, 6.45) is -0.232. The number of aliphatic hydroxyl groups excluding tert-OH is 1. The highest BCUT2D eigenvalue weighted by atomic mass is 32.1. The molecule has 0 fully saturated rings. The van der Waals surface area contributed by atoms with Crippen molar-refractivity contribution in [1.29, 1.82) is 0 Å². The Morgan fingerprint density at radius 2 is 1.97 bits per heavy atom. The van der Waals surface area contributed by atoms with Crippen LogP contribution in [0.15, 0.2) is 30.3 Å². The van der Waals surface area contributed by atoms with E-state index < -0.39 is 6.10 Å². The SMILES string of the molecule is COC(=O)CC(C)c1nsnc1OCC(O)CNCCNC(=O)Cc1ccccc1. The van der Waals surface area contributed by atoms with Crippen LogP contribution in [-0.4, -0.2) is 65.2 Å². The van der Waals surface area contributed by atoms with Gasteiger partial charge in [-0.2, -0.15) is 4.37 Å². The number of nitrogens with one attached hydrogen (secondary N) is 2. The van der Waals surface area contributed by atoms with E-state index in [1.807, 2.05) is 37.3 Å². The average molecular weight is 437 g/mol. The molecule has 3 N–H and O–H groups in total. The van der Waals surface area contributed by atoms with Crippen molar-refractivity contribution < 1.29 is 24.2 Å². The molecule has 0 saturated heterocycles. The summed E-state index contributed by atoms with van der Waals surface area (Å²) < 4.78 is 18.5. The number of amides is 1. The minimum absolute atomic E-state index is 0.0384. The number of aliphatic hydroxyl groups is 1. The first kappa shape index (κ1) is 23.7. The Kier molecular flexibility index (Phi) is 10.2. The summed E-state index contributed by atoms with van der Waals surface area (Å²) >= 11 is 0.994. The molecule has 1 aromatic carbocycles. The van der Waals surface area contributed by atoms with Crippen LogP contribution in [0.1, 0.15) is 30.5 Å². The summed E-state index contributed by atoms with van der Waals surface area (Å²) in [4.78, 5) is 23.3. The van der Waals surface area contributed by atoms with Crippen molar-refractivity contribution in [3.63, 3.8) is 0 Å². The van der Waals surface area contributed by atoms with Crippen LogP contribution >= 0.6 is 11.7 Å². The largest absolute Gasteiger partial charge is 0.473 e. The smallest absolute Gasteiger partial charge is 0.306 e.